The van der Waals surface area contributed by atoms with Gasteiger partial charge >= 0.3 is 0 Å². The number of anilines is 1. The fourth-order valence-electron chi connectivity index (χ4n) is 3.01. The molecule has 7 heteroatoms. The van der Waals surface area contributed by atoms with Crippen LogP contribution in [-0.2, 0) is 11.2 Å². The summed E-state index contributed by atoms with van der Waals surface area (Å²) >= 11 is 0. The van der Waals surface area contributed by atoms with Gasteiger partial charge in [-0.2, -0.15) is 0 Å². The smallest absolute Gasteiger partial charge is 0.251 e. The normalized spacial score (nSPS) is 18.2. The lowest BCUT2D eigenvalue weighted by Crippen LogP contribution is -2.43. The van der Waals surface area contributed by atoms with Gasteiger partial charge < -0.3 is 10.0 Å². The summed E-state index contributed by atoms with van der Waals surface area (Å²) in [5, 5.41) is 17.0. The second-order valence-electron chi connectivity index (χ2n) is 6.12. The molecule has 1 unspecified atom stereocenters. The van der Waals surface area contributed by atoms with Crippen LogP contribution >= 0.6 is 0 Å². The van der Waals surface area contributed by atoms with Crippen molar-refractivity contribution in [3.05, 3.63) is 41.5 Å². The molecule has 0 bridgehead atoms. The Bertz CT molecular complexity index is 731. The number of piperidine rings is 1. The van der Waals surface area contributed by atoms with Gasteiger partial charge in [-0.1, -0.05) is 11.3 Å². The summed E-state index contributed by atoms with van der Waals surface area (Å²) in [5.74, 6) is -0.554. The maximum absolute atomic E-state index is 14.1. The van der Waals surface area contributed by atoms with Crippen molar-refractivity contribution in [1.29, 1.82) is 0 Å². The molecule has 1 amide bonds. The van der Waals surface area contributed by atoms with E-state index in [9.17, 15) is 9.18 Å². The van der Waals surface area contributed by atoms with Crippen LogP contribution in [0.25, 0.3) is 0 Å². The molecule has 1 saturated heterocycles. The Morgan fingerprint density at radius 2 is 2.25 bits per heavy atom. The minimum atomic E-state index is -0.464. The third-order valence-corrected chi connectivity index (χ3v) is 4.27. The van der Waals surface area contributed by atoms with Crippen molar-refractivity contribution in [2.24, 2.45) is 0 Å². The highest BCUT2D eigenvalue weighted by Crippen LogP contribution is 2.29. The molecule has 1 atom stereocenters. The molecular formula is C17H21FN4O2. The van der Waals surface area contributed by atoms with E-state index in [1.54, 1.807) is 23.0 Å². The third kappa shape index (κ3) is 3.31. The molecule has 0 spiro atoms. The minimum Gasteiger partial charge on any atom is -0.396 e. The first kappa shape index (κ1) is 16.6. The van der Waals surface area contributed by atoms with Gasteiger partial charge in [0.05, 0.1) is 11.4 Å². The summed E-state index contributed by atoms with van der Waals surface area (Å²) in [7, 11) is 0. The average Bonchev–Trinajstić information content (AvgIpc) is 3.04. The number of nitrogens with zero attached hydrogens (tertiary/aromatic N) is 4. The third-order valence-electron chi connectivity index (χ3n) is 4.27. The molecular weight excluding hydrogens is 311 g/mol. The Balaban J connectivity index is 1.82. The molecule has 0 saturated carbocycles. The van der Waals surface area contributed by atoms with E-state index in [1.165, 1.54) is 11.0 Å². The van der Waals surface area contributed by atoms with Gasteiger partial charge in [-0.25, -0.2) is 9.07 Å². The van der Waals surface area contributed by atoms with Gasteiger partial charge in [0.1, 0.15) is 11.9 Å². The largest absolute Gasteiger partial charge is 0.396 e. The van der Waals surface area contributed by atoms with Gasteiger partial charge in [0.2, 0.25) is 0 Å². The fourth-order valence-corrected chi connectivity index (χ4v) is 3.01. The highest BCUT2D eigenvalue weighted by atomic mass is 19.1. The van der Waals surface area contributed by atoms with Crippen LogP contribution < -0.4 is 4.90 Å². The summed E-state index contributed by atoms with van der Waals surface area (Å²) in [6, 6.07) is 4.32. The molecule has 1 fully saturated rings. The first-order valence-corrected chi connectivity index (χ1v) is 8.19. The van der Waals surface area contributed by atoms with Crippen molar-refractivity contribution >= 4 is 11.6 Å². The van der Waals surface area contributed by atoms with Crippen LogP contribution in [0, 0.1) is 12.7 Å². The zero-order chi connectivity index (χ0) is 17.1. The number of aliphatic hydroxyl groups is 1. The highest BCUT2D eigenvalue weighted by molar-refractivity contribution is 5.97. The number of halogens is 1. The summed E-state index contributed by atoms with van der Waals surface area (Å²) in [6.45, 7) is 2.47. The van der Waals surface area contributed by atoms with Crippen LogP contribution in [0.1, 0.15) is 36.6 Å². The van der Waals surface area contributed by atoms with Crippen molar-refractivity contribution in [3.63, 3.8) is 0 Å². The fraction of sp³-hybridized carbons (Fsp3) is 0.471. The van der Waals surface area contributed by atoms with Crippen LogP contribution in [0.3, 0.4) is 0 Å². The zero-order valence-corrected chi connectivity index (χ0v) is 13.7. The molecule has 1 aromatic heterocycles. The molecule has 24 heavy (non-hydrogen) atoms. The van der Waals surface area contributed by atoms with Gasteiger partial charge in [-0.3, -0.25) is 4.79 Å². The van der Waals surface area contributed by atoms with Gasteiger partial charge in [0.15, 0.2) is 0 Å². The van der Waals surface area contributed by atoms with Gasteiger partial charge in [-0.15, -0.1) is 5.10 Å². The highest BCUT2D eigenvalue weighted by Gasteiger charge is 2.33. The summed E-state index contributed by atoms with van der Waals surface area (Å²) < 4.78 is 15.7. The Morgan fingerprint density at radius 1 is 1.42 bits per heavy atom. The number of aliphatic hydroxyl groups excluding tert-OH is 1. The standard InChI is InChI=1S/C17H21FN4O2/c1-12-6-7-14(18)16(10-12)21-8-2-5-15(17(21)24)22-11-13(19-20-22)4-3-9-23/h6-7,10-11,15,23H,2-5,8-9H2,1H3. The Hall–Kier alpha value is -2.28. The molecule has 6 nitrogen and oxygen atoms in total. The quantitative estimate of drug-likeness (QED) is 0.909. The second-order valence-corrected chi connectivity index (χ2v) is 6.12. The maximum Gasteiger partial charge on any atom is 0.251 e. The number of carbonyl (C=O) groups excluding carboxylic acids is 1. The van der Waals surface area contributed by atoms with Gasteiger partial charge in [0, 0.05) is 19.3 Å². The lowest BCUT2D eigenvalue weighted by molar-refractivity contribution is -0.123. The average molecular weight is 332 g/mol. The van der Waals surface area contributed by atoms with Crippen LogP contribution in [-0.4, -0.2) is 39.2 Å². The van der Waals surface area contributed by atoms with Crippen LogP contribution in [0.2, 0.25) is 0 Å². The van der Waals surface area contributed by atoms with E-state index in [0.29, 0.717) is 31.5 Å². The Kier molecular flexibility index (Phi) is 4.89. The molecule has 3 rings (SSSR count). The number of aryl methyl sites for hydroxylation is 2. The summed E-state index contributed by atoms with van der Waals surface area (Å²) in [5.41, 5.74) is 1.98. The zero-order valence-electron chi connectivity index (χ0n) is 13.7. The van der Waals surface area contributed by atoms with Crippen molar-refractivity contribution in [2.45, 2.75) is 38.6 Å². The number of rotatable bonds is 5. The van der Waals surface area contributed by atoms with Crippen molar-refractivity contribution in [2.75, 3.05) is 18.1 Å². The van der Waals surface area contributed by atoms with Crippen LogP contribution in [0.15, 0.2) is 24.4 Å². The molecule has 1 N–H and O–H groups in total. The number of aromatic nitrogens is 3. The number of amides is 1. The lowest BCUT2D eigenvalue weighted by Gasteiger charge is -2.32. The molecule has 1 aliphatic rings. The number of hydrogen-bond acceptors (Lipinski definition) is 4. The predicted molar refractivity (Wildman–Crippen MR) is 87.2 cm³/mol. The summed E-state index contributed by atoms with van der Waals surface area (Å²) in [6.07, 6.45) is 4.40. The number of hydrogen-bond donors (Lipinski definition) is 1. The lowest BCUT2D eigenvalue weighted by atomic mass is 10.0. The topological polar surface area (TPSA) is 71.2 Å². The van der Waals surface area contributed by atoms with Crippen LogP contribution in [0.4, 0.5) is 10.1 Å². The van der Waals surface area contributed by atoms with E-state index in [4.69, 9.17) is 5.11 Å². The molecule has 128 valence electrons. The van der Waals surface area contributed by atoms with Crippen molar-refractivity contribution in [1.82, 2.24) is 15.0 Å². The summed E-state index contributed by atoms with van der Waals surface area (Å²) in [4.78, 5) is 14.3. The molecule has 0 radical (unpaired) electrons. The Labute approximate surface area is 139 Å². The number of carbonyl (C=O) groups is 1. The monoisotopic (exact) mass is 332 g/mol. The van der Waals surface area contributed by atoms with Gasteiger partial charge in [-0.05, 0) is 50.3 Å². The predicted octanol–water partition coefficient (Wildman–Crippen LogP) is 2.02. The molecule has 2 heterocycles. The molecule has 1 aliphatic heterocycles. The first-order chi connectivity index (χ1) is 11.6. The van der Waals surface area contributed by atoms with Crippen molar-refractivity contribution in [3.8, 4) is 0 Å². The van der Waals surface area contributed by atoms with E-state index >= 15 is 0 Å². The SMILES string of the molecule is Cc1ccc(F)c(N2CCCC(n3cc(CCCO)nn3)C2=O)c1. The molecule has 2 aromatic rings. The Morgan fingerprint density at radius 3 is 3.04 bits per heavy atom. The van der Waals surface area contributed by atoms with E-state index in [0.717, 1.165) is 17.7 Å². The number of benzene rings is 1. The van der Waals surface area contributed by atoms with E-state index in [2.05, 4.69) is 10.3 Å². The van der Waals surface area contributed by atoms with E-state index in [-0.39, 0.29) is 12.5 Å². The first-order valence-electron chi connectivity index (χ1n) is 8.19. The molecule has 0 aliphatic carbocycles. The van der Waals surface area contributed by atoms with E-state index < -0.39 is 11.9 Å². The second kappa shape index (κ2) is 7.09. The van der Waals surface area contributed by atoms with Crippen molar-refractivity contribution < 1.29 is 14.3 Å². The van der Waals surface area contributed by atoms with E-state index in [1.807, 2.05) is 6.92 Å². The minimum absolute atomic E-state index is 0.0929. The maximum atomic E-state index is 14.1. The van der Waals surface area contributed by atoms with Crippen LogP contribution in [0.5, 0.6) is 0 Å². The van der Waals surface area contributed by atoms with Gasteiger partial charge in [0.25, 0.3) is 5.91 Å². The molecule has 1 aromatic carbocycles.